The molecule has 28 heavy (non-hydrogen) atoms. The smallest absolute Gasteiger partial charge is 0.245 e. The van der Waals surface area contributed by atoms with Crippen LogP contribution in [0.2, 0.25) is 0 Å². The molecule has 2 amide bonds. The third-order valence-electron chi connectivity index (χ3n) is 5.99. The minimum absolute atomic E-state index is 0.0341. The molecule has 0 bridgehead atoms. The number of rotatable bonds is 4. The molecule has 2 heterocycles. The van der Waals surface area contributed by atoms with Crippen molar-refractivity contribution in [2.45, 2.75) is 44.3 Å². The van der Waals surface area contributed by atoms with Crippen molar-refractivity contribution in [3.8, 4) is 0 Å². The second-order valence-electron chi connectivity index (χ2n) is 7.99. The van der Waals surface area contributed by atoms with Gasteiger partial charge in [-0.1, -0.05) is 60.2 Å². The van der Waals surface area contributed by atoms with Crippen LogP contribution in [0.4, 0.5) is 0 Å². The SMILES string of the molecule is Cc1ccc(CN2C(=O)CCC2C(=O)N2C[C@@H](N)[C@H](c3ccccc3)C2)cc1. The maximum atomic E-state index is 13.2. The second kappa shape index (κ2) is 7.76. The predicted octanol–water partition coefficient (Wildman–Crippen LogP) is 2.44. The minimum Gasteiger partial charge on any atom is -0.339 e. The Balaban J connectivity index is 1.47. The first kappa shape index (κ1) is 18.7. The van der Waals surface area contributed by atoms with Crippen molar-refractivity contribution in [3.63, 3.8) is 0 Å². The Bertz CT molecular complexity index is 850. The van der Waals surface area contributed by atoms with Crippen LogP contribution in [0.3, 0.4) is 0 Å². The molecule has 2 aliphatic rings. The highest BCUT2D eigenvalue weighted by molar-refractivity contribution is 5.91. The summed E-state index contributed by atoms with van der Waals surface area (Å²) in [6.07, 6.45) is 1.02. The molecule has 2 fully saturated rings. The van der Waals surface area contributed by atoms with Gasteiger partial charge in [0.05, 0.1) is 0 Å². The van der Waals surface area contributed by atoms with E-state index < -0.39 is 0 Å². The molecule has 2 saturated heterocycles. The van der Waals surface area contributed by atoms with Gasteiger partial charge in [0, 0.05) is 38.0 Å². The predicted molar refractivity (Wildman–Crippen MR) is 108 cm³/mol. The number of carbonyl (C=O) groups excluding carboxylic acids is 2. The number of aryl methyl sites for hydroxylation is 1. The number of hydrogen-bond donors (Lipinski definition) is 1. The number of hydrogen-bond acceptors (Lipinski definition) is 3. The van der Waals surface area contributed by atoms with Gasteiger partial charge in [-0.25, -0.2) is 0 Å². The third kappa shape index (κ3) is 3.67. The quantitative estimate of drug-likeness (QED) is 0.890. The molecule has 0 aliphatic carbocycles. The number of amides is 2. The van der Waals surface area contributed by atoms with Crippen molar-refractivity contribution in [1.29, 1.82) is 0 Å². The van der Waals surface area contributed by atoms with Crippen LogP contribution >= 0.6 is 0 Å². The van der Waals surface area contributed by atoms with Crippen molar-refractivity contribution < 1.29 is 9.59 Å². The van der Waals surface area contributed by atoms with Crippen LogP contribution in [0.5, 0.6) is 0 Å². The minimum atomic E-state index is -0.379. The first-order chi connectivity index (χ1) is 13.5. The van der Waals surface area contributed by atoms with Gasteiger partial charge in [0.2, 0.25) is 11.8 Å². The molecule has 5 heteroatoms. The molecular weight excluding hydrogens is 350 g/mol. The maximum absolute atomic E-state index is 13.2. The van der Waals surface area contributed by atoms with Gasteiger partial charge in [0.1, 0.15) is 6.04 Å². The fraction of sp³-hybridized carbons (Fsp3) is 0.391. The number of nitrogens with two attached hydrogens (primary N) is 1. The summed E-state index contributed by atoms with van der Waals surface area (Å²) in [6, 6.07) is 17.8. The molecular formula is C23H27N3O2. The summed E-state index contributed by atoms with van der Waals surface area (Å²) in [7, 11) is 0. The standard InChI is InChI=1S/C23H27N3O2/c1-16-7-9-17(10-8-16)13-26-21(11-12-22(26)27)23(28)25-14-19(20(24)15-25)18-5-3-2-4-6-18/h2-10,19-21H,11-15,24H2,1H3/t19-,20+,21?/m0/s1. The third-order valence-corrected chi connectivity index (χ3v) is 5.99. The molecule has 0 radical (unpaired) electrons. The Kier molecular flexibility index (Phi) is 5.18. The molecule has 2 aromatic rings. The lowest BCUT2D eigenvalue weighted by Crippen LogP contribution is -2.46. The number of benzene rings is 2. The highest BCUT2D eigenvalue weighted by Gasteiger charge is 2.42. The van der Waals surface area contributed by atoms with E-state index in [0.29, 0.717) is 32.5 Å². The van der Waals surface area contributed by atoms with E-state index in [2.05, 4.69) is 12.1 Å². The first-order valence-corrected chi connectivity index (χ1v) is 9.97. The van der Waals surface area contributed by atoms with Gasteiger partial charge in [-0.05, 0) is 24.5 Å². The largest absolute Gasteiger partial charge is 0.339 e. The van der Waals surface area contributed by atoms with Gasteiger partial charge in [-0.2, -0.15) is 0 Å². The van der Waals surface area contributed by atoms with Crippen molar-refractivity contribution in [2.24, 2.45) is 5.73 Å². The molecule has 2 N–H and O–H groups in total. The average Bonchev–Trinajstić information content (AvgIpc) is 3.27. The lowest BCUT2D eigenvalue weighted by atomic mass is 9.95. The number of nitrogens with zero attached hydrogens (tertiary/aromatic N) is 2. The lowest BCUT2D eigenvalue weighted by molar-refractivity contribution is -0.141. The van der Waals surface area contributed by atoms with Crippen molar-refractivity contribution in [3.05, 3.63) is 71.3 Å². The van der Waals surface area contributed by atoms with E-state index in [4.69, 9.17) is 5.73 Å². The number of carbonyl (C=O) groups is 2. The monoisotopic (exact) mass is 377 g/mol. The molecule has 0 aromatic heterocycles. The molecule has 5 nitrogen and oxygen atoms in total. The van der Waals surface area contributed by atoms with E-state index >= 15 is 0 Å². The second-order valence-corrected chi connectivity index (χ2v) is 7.99. The Morgan fingerprint density at radius 3 is 2.50 bits per heavy atom. The normalized spacial score (nSPS) is 24.8. The van der Waals surface area contributed by atoms with Crippen LogP contribution in [-0.4, -0.2) is 46.8 Å². The topological polar surface area (TPSA) is 66.6 Å². The van der Waals surface area contributed by atoms with E-state index in [-0.39, 0.29) is 29.8 Å². The summed E-state index contributed by atoms with van der Waals surface area (Å²) in [5.41, 5.74) is 9.77. The molecule has 3 atom stereocenters. The molecule has 4 rings (SSSR count). The van der Waals surface area contributed by atoms with E-state index in [0.717, 1.165) is 5.56 Å². The molecule has 0 saturated carbocycles. The van der Waals surface area contributed by atoms with Crippen molar-refractivity contribution in [1.82, 2.24) is 9.80 Å². The van der Waals surface area contributed by atoms with Gasteiger partial charge < -0.3 is 15.5 Å². The Morgan fingerprint density at radius 2 is 1.79 bits per heavy atom. The van der Waals surface area contributed by atoms with Crippen molar-refractivity contribution in [2.75, 3.05) is 13.1 Å². The van der Waals surface area contributed by atoms with E-state index in [1.807, 2.05) is 54.3 Å². The molecule has 0 spiro atoms. The Morgan fingerprint density at radius 1 is 1.07 bits per heavy atom. The fourth-order valence-electron chi connectivity index (χ4n) is 4.35. The molecule has 2 aromatic carbocycles. The lowest BCUT2D eigenvalue weighted by Gasteiger charge is -2.28. The number of likely N-dealkylation sites (tertiary alicyclic amines) is 2. The zero-order chi connectivity index (χ0) is 19.7. The maximum Gasteiger partial charge on any atom is 0.245 e. The first-order valence-electron chi connectivity index (χ1n) is 9.97. The summed E-state index contributed by atoms with van der Waals surface area (Å²) >= 11 is 0. The van der Waals surface area contributed by atoms with E-state index in [9.17, 15) is 9.59 Å². The summed E-state index contributed by atoms with van der Waals surface area (Å²) in [6.45, 7) is 3.68. The molecule has 1 unspecified atom stereocenters. The Labute approximate surface area is 166 Å². The van der Waals surface area contributed by atoms with E-state index in [1.165, 1.54) is 11.1 Å². The highest BCUT2D eigenvalue weighted by Crippen LogP contribution is 2.30. The van der Waals surface area contributed by atoms with Gasteiger partial charge in [-0.3, -0.25) is 9.59 Å². The highest BCUT2D eigenvalue weighted by atomic mass is 16.2. The Hall–Kier alpha value is -2.66. The van der Waals surface area contributed by atoms with Crippen LogP contribution in [0.15, 0.2) is 54.6 Å². The summed E-state index contributed by atoms with van der Waals surface area (Å²) in [5, 5.41) is 0. The molecule has 146 valence electrons. The fourth-order valence-corrected chi connectivity index (χ4v) is 4.35. The van der Waals surface area contributed by atoms with Gasteiger partial charge in [0.25, 0.3) is 0 Å². The summed E-state index contributed by atoms with van der Waals surface area (Å²) in [4.78, 5) is 29.3. The zero-order valence-corrected chi connectivity index (χ0v) is 16.3. The van der Waals surface area contributed by atoms with Crippen molar-refractivity contribution >= 4 is 11.8 Å². The van der Waals surface area contributed by atoms with Crippen LogP contribution < -0.4 is 5.73 Å². The summed E-state index contributed by atoms with van der Waals surface area (Å²) in [5.74, 6) is 0.238. The summed E-state index contributed by atoms with van der Waals surface area (Å²) < 4.78 is 0. The average molecular weight is 377 g/mol. The van der Waals surface area contributed by atoms with Crippen LogP contribution in [0.25, 0.3) is 0 Å². The van der Waals surface area contributed by atoms with Crippen LogP contribution in [0, 0.1) is 6.92 Å². The van der Waals surface area contributed by atoms with E-state index in [1.54, 1.807) is 4.90 Å². The van der Waals surface area contributed by atoms with Gasteiger partial charge >= 0.3 is 0 Å². The van der Waals surface area contributed by atoms with Crippen LogP contribution in [-0.2, 0) is 16.1 Å². The van der Waals surface area contributed by atoms with Gasteiger partial charge in [0.15, 0.2) is 0 Å². The van der Waals surface area contributed by atoms with Crippen LogP contribution in [0.1, 0.15) is 35.4 Å². The van der Waals surface area contributed by atoms with Gasteiger partial charge in [-0.15, -0.1) is 0 Å². The zero-order valence-electron chi connectivity index (χ0n) is 16.3. The molecule has 2 aliphatic heterocycles.